The number of para-hydroxylation sites is 1. The predicted molar refractivity (Wildman–Crippen MR) is 86.0 cm³/mol. The van der Waals surface area contributed by atoms with E-state index in [9.17, 15) is 9.90 Å². The lowest BCUT2D eigenvalue weighted by Gasteiger charge is -2.17. The van der Waals surface area contributed by atoms with E-state index in [-0.39, 0.29) is 5.91 Å². The van der Waals surface area contributed by atoms with E-state index in [1.54, 1.807) is 23.3 Å². The summed E-state index contributed by atoms with van der Waals surface area (Å²) in [6.07, 6.45) is 1.78. The number of hydrogen-bond donors (Lipinski definition) is 1. The van der Waals surface area contributed by atoms with E-state index in [0.29, 0.717) is 36.5 Å². The molecule has 1 fully saturated rings. The highest BCUT2D eigenvalue weighted by atomic mass is 16.3. The Balaban J connectivity index is 1.85. The van der Waals surface area contributed by atoms with Crippen LogP contribution in [0.4, 0.5) is 0 Å². The van der Waals surface area contributed by atoms with E-state index in [0.717, 1.165) is 10.9 Å². The summed E-state index contributed by atoms with van der Waals surface area (Å²) in [4.78, 5) is 19.2. The van der Waals surface area contributed by atoms with Crippen molar-refractivity contribution in [3.8, 4) is 11.5 Å². The molecule has 1 aliphatic rings. The summed E-state index contributed by atoms with van der Waals surface area (Å²) in [5, 5.41) is 10.5. The lowest BCUT2D eigenvalue weighted by molar-refractivity contribution is 0.0767. The second-order valence-electron chi connectivity index (χ2n) is 5.74. The van der Waals surface area contributed by atoms with Gasteiger partial charge in [0.2, 0.25) is 0 Å². The zero-order chi connectivity index (χ0) is 15.8. The monoisotopic (exact) mass is 308 g/mol. The molecular formula is C18H16N2O3. The molecule has 5 heteroatoms. The first-order valence-corrected chi connectivity index (χ1v) is 7.63. The SMILES string of the molecule is O=C(c1cc(-c2ccco2)nc2ccccc12)N1CC[C@@H](O)C1. The van der Waals surface area contributed by atoms with Crippen molar-refractivity contribution in [2.75, 3.05) is 13.1 Å². The third kappa shape index (κ3) is 2.49. The molecule has 1 amide bonds. The van der Waals surface area contributed by atoms with E-state index in [1.807, 2.05) is 30.3 Å². The topological polar surface area (TPSA) is 66.6 Å². The average molecular weight is 308 g/mol. The van der Waals surface area contributed by atoms with Crippen LogP contribution in [0.15, 0.2) is 53.1 Å². The number of hydrogen-bond acceptors (Lipinski definition) is 4. The summed E-state index contributed by atoms with van der Waals surface area (Å²) >= 11 is 0. The minimum Gasteiger partial charge on any atom is -0.463 e. The number of β-amino-alcohol motifs (C(OH)–C–C–N with tert-alkyl or cyclic N) is 1. The first kappa shape index (κ1) is 14.0. The van der Waals surface area contributed by atoms with Crippen LogP contribution in [0.1, 0.15) is 16.8 Å². The third-order valence-corrected chi connectivity index (χ3v) is 4.17. The summed E-state index contributed by atoms with van der Waals surface area (Å²) in [5.41, 5.74) is 1.98. The van der Waals surface area contributed by atoms with Crippen molar-refractivity contribution in [2.24, 2.45) is 0 Å². The maximum atomic E-state index is 12.9. The van der Waals surface area contributed by atoms with Gasteiger partial charge in [0.1, 0.15) is 5.69 Å². The molecule has 1 aromatic carbocycles. The fourth-order valence-corrected chi connectivity index (χ4v) is 3.00. The van der Waals surface area contributed by atoms with Crippen molar-refractivity contribution in [3.05, 3.63) is 54.3 Å². The van der Waals surface area contributed by atoms with E-state index < -0.39 is 6.10 Å². The first-order chi connectivity index (χ1) is 11.2. The smallest absolute Gasteiger partial charge is 0.254 e. The molecule has 5 nitrogen and oxygen atoms in total. The number of fused-ring (bicyclic) bond motifs is 1. The molecule has 0 saturated carbocycles. The summed E-state index contributed by atoms with van der Waals surface area (Å²) in [6, 6.07) is 13.0. The van der Waals surface area contributed by atoms with E-state index in [1.165, 1.54) is 0 Å². The van der Waals surface area contributed by atoms with Gasteiger partial charge in [-0.1, -0.05) is 18.2 Å². The molecule has 0 spiro atoms. The average Bonchev–Trinajstić information content (AvgIpc) is 3.24. The Morgan fingerprint density at radius 2 is 2.13 bits per heavy atom. The molecule has 2 aromatic heterocycles. The van der Waals surface area contributed by atoms with Gasteiger partial charge in [-0.3, -0.25) is 4.79 Å². The first-order valence-electron chi connectivity index (χ1n) is 7.63. The Morgan fingerprint density at radius 3 is 2.87 bits per heavy atom. The highest BCUT2D eigenvalue weighted by molar-refractivity contribution is 6.07. The van der Waals surface area contributed by atoms with Crippen molar-refractivity contribution in [3.63, 3.8) is 0 Å². The molecular weight excluding hydrogens is 292 g/mol. The molecule has 116 valence electrons. The molecule has 1 atom stereocenters. The van der Waals surface area contributed by atoms with Gasteiger partial charge in [0.05, 0.1) is 23.4 Å². The number of amides is 1. The highest BCUT2D eigenvalue weighted by Crippen LogP contribution is 2.27. The molecule has 1 aliphatic heterocycles. The highest BCUT2D eigenvalue weighted by Gasteiger charge is 2.27. The van der Waals surface area contributed by atoms with E-state index in [4.69, 9.17) is 4.42 Å². The Kier molecular flexibility index (Phi) is 3.35. The summed E-state index contributed by atoms with van der Waals surface area (Å²) in [7, 11) is 0. The van der Waals surface area contributed by atoms with Gasteiger partial charge in [-0.05, 0) is 30.7 Å². The van der Waals surface area contributed by atoms with Crippen LogP contribution in [0, 0.1) is 0 Å². The Hall–Kier alpha value is -2.66. The van der Waals surface area contributed by atoms with E-state index in [2.05, 4.69) is 4.98 Å². The number of aromatic nitrogens is 1. The number of rotatable bonds is 2. The quantitative estimate of drug-likeness (QED) is 0.790. The lowest BCUT2D eigenvalue weighted by Crippen LogP contribution is -2.29. The van der Waals surface area contributed by atoms with Gasteiger partial charge in [-0.25, -0.2) is 4.98 Å². The number of likely N-dealkylation sites (tertiary alicyclic amines) is 1. The molecule has 0 unspecified atom stereocenters. The molecule has 3 heterocycles. The van der Waals surface area contributed by atoms with Crippen molar-refractivity contribution in [1.82, 2.24) is 9.88 Å². The lowest BCUT2D eigenvalue weighted by atomic mass is 10.1. The molecule has 1 saturated heterocycles. The molecule has 4 rings (SSSR count). The van der Waals surface area contributed by atoms with Crippen molar-refractivity contribution in [1.29, 1.82) is 0 Å². The Labute approximate surface area is 133 Å². The number of nitrogens with zero attached hydrogens (tertiary/aromatic N) is 2. The maximum Gasteiger partial charge on any atom is 0.254 e. The van der Waals surface area contributed by atoms with Gasteiger partial charge in [-0.15, -0.1) is 0 Å². The number of carbonyl (C=O) groups excluding carboxylic acids is 1. The van der Waals surface area contributed by atoms with E-state index >= 15 is 0 Å². The predicted octanol–water partition coefficient (Wildman–Crippen LogP) is 2.70. The Morgan fingerprint density at radius 1 is 1.26 bits per heavy atom. The zero-order valence-corrected chi connectivity index (χ0v) is 12.5. The zero-order valence-electron chi connectivity index (χ0n) is 12.5. The molecule has 3 aromatic rings. The summed E-state index contributed by atoms with van der Waals surface area (Å²) < 4.78 is 5.42. The van der Waals surface area contributed by atoms with Crippen molar-refractivity contribution >= 4 is 16.8 Å². The molecule has 0 bridgehead atoms. The number of carbonyl (C=O) groups is 1. The van der Waals surface area contributed by atoms with Crippen LogP contribution in [0.2, 0.25) is 0 Å². The van der Waals surface area contributed by atoms with Gasteiger partial charge in [-0.2, -0.15) is 0 Å². The Bertz CT molecular complexity index is 858. The maximum absolute atomic E-state index is 12.9. The minimum atomic E-state index is -0.434. The number of pyridine rings is 1. The molecule has 0 aliphatic carbocycles. The van der Waals surface area contributed by atoms with Gasteiger partial charge < -0.3 is 14.4 Å². The van der Waals surface area contributed by atoms with Crippen LogP contribution in [0.3, 0.4) is 0 Å². The number of aliphatic hydroxyl groups is 1. The van der Waals surface area contributed by atoms with Crippen LogP contribution in [-0.2, 0) is 0 Å². The van der Waals surface area contributed by atoms with Crippen molar-refractivity contribution in [2.45, 2.75) is 12.5 Å². The molecule has 23 heavy (non-hydrogen) atoms. The van der Waals surface area contributed by atoms with Gasteiger partial charge in [0, 0.05) is 18.5 Å². The number of benzene rings is 1. The molecule has 0 radical (unpaired) electrons. The normalized spacial score (nSPS) is 17.8. The van der Waals surface area contributed by atoms with Crippen LogP contribution in [0.5, 0.6) is 0 Å². The fourth-order valence-electron chi connectivity index (χ4n) is 3.00. The molecule has 1 N–H and O–H groups in total. The van der Waals surface area contributed by atoms with Gasteiger partial charge >= 0.3 is 0 Å². The number of aliphatic hydroxyl groups excluding tert-OH is 1. The fraction of sp³-hybridized carbons (Fsp3) is 0.222. The van der Waals surface area contributed by atoms with Crippen molar-refractivity contribution < 1.29 is 14.3 Å². The van der Waals surface area contributed by atoms with Crippen LogP contribution in [0.25, 0.3) is 22.4 Å². The number of furan rings is 1. The minimum absolute atomic E-state index is 0.0760. The van der Waals surface area contributed by atoms with Gasteiger partial charge in [0.25, 0.3) is 5.91 Å². The summed E-state index contributed by atoms with van der Waals surface area (Å²) in [6.45, 7) is 0.957. The van der Waals surface area contributed by atoms with Gasteiger partial charge in [0.15, 0.2) is 5.76 Å². The van der Waals surface area contributed by atoms with Crippen LogP contribution in [-0.4, -0.2) is 40.1 Å². The standard InChI is InChI=1S/C18H16N2O3/c21-12-7-8-20(11-12)18(22)14-10-16(17-6-3-9-23-17)19-15-5-2-1-4-13(14)15/h1-6,9-10,12,21H,7-8,11H2/t12-/m1/s1. The largest absolute Gasteiger partial charge is 0.463 e. The second-order valence-corrected chi connectivity index (χ2v) is 5.74. The summed E-state index contributed by atoms with van der Waals surface area (Å²) in [5.74, 6) is 0.555. The second kappa shape index (κ2) is 5.52. The third-order valence-electron chi connectivity index (χ3n) is 4.17. The van der Waals surface area contributed by atoms with Crippen LogP contribution < -0.4 is 0 Å². The van der Waals surface area contributed by atoms with Crippen LogP contribution >= 0.6 is 0 Å².